The summed E-state index contributed by atoms with van der Waals surface area (Å²) < 4.78 is 5.03. The van der Waals surface area contributed by atoms with E-state index in [1.54, 1.807) is 13.8 Å². The zero-order valence-corrected chi connectivity index (χ0v) is 11.5. The van der Waals surface area contributed by atoms with Gasteiger partial charge in [-0.2, -0.15) is 0 Å². The van der Waals surface area contributed by atoms with Gasteiger partial charge in [-0.3, -0.25) is 9.59 Å². The fourth-order valence-corrected chi connectivity index (χ4v) is 2.20. The molecule has 0 atom stereocenters. The van der Waals surface area contributed by atoms with Crippen LogP contribution in [0, 0.1) is 5.41 Å². The number of aromatic carboxylic acids is 1. The summed E-state index contributed by atoms with van der Waals surface area (Å²) in [6.45, 7) is 3.32. The van der Waals surface area contributed by atoms with Gasteiger partial charge >= 0.3 is 5.97 Å². The number of carbonyl (C=O) groups excluding carboxylic acids is 2. The van der Waals surface area contributed by atoms with E-state index < -0.39 is 23.2 Å². The van der Waals surface area contributed by atoms with Crippen LogP contribution in [0.1, 0.15) is 30.6 Å². The van der Waals surface area contributed by atoms with Crippen LogP contribution in [0.4, 0.5) is 5.69 Å². The first-order valence-corrected chi connectivity index (χ1v) is 6.06. The normalized spacial score (nSPS) is 17.4. The summed E-state index contributed by atoms with van der Waals surface area (Å²) in [7, 11) is 1.43. The number of imide groups is 1. The van der Waals surface area contributed by atoms with Gasteiger partial charge in [0, 0.05) is 12.5 Å². The maximum absolute atomic E-state index is 12.3. The number of carboxylic acid groups (broad SMARTS) is 1. The van der Waals surface area contributed by atoms with E-state index in [9.17, 15) is 19.5 Å². The second-order valence-electron chi connectivity index (χ2n) is 5.28. The molecule has 20 heavy (non-hydrogen) atoms. The zero-order valence-electron chi connectivity index (χ0n) is 11.5. The molecular formula is C14H15NO5. The summed E-state index contributed by atoms with van der Waals surface area (Å²) in [6.07, 6.45) is 0.0576. The molecule has 1 saturated heterocycles. The molecule has 1 aliphatic heterocycles. The molecule has 1 fully saturated rings. The molecule has 0 spiro atoms. The molecule has 0 bridgehead atoms. The van der Waals surface area contributed by atoms with E-state index in [0.29, 0.717) is 5.75 Å². The monoisotopic (exact) mass is 277 g/mol. The van der Waals surface area contributed by atoms with Crippen LogP contribution in [0.2, 0.25) is 0 Å². The van der Waals surface area contributed by atoms with Crippen molar-refractivity contribution in [2.24, 2.45) is 5.41 Å². The maximum Gasteiger partial charge on any atom is 0.337 e. The number of benzene rings is 1. The predicted octanol–water partition coefficient (Wildman–Crippen LogP) is 1.68. The van der Waals surface area contributed by atoms with Crippen molar-refractivity contribution < 1.29 is 24.2 Å². The number of amides is 2. The summed E-state index contributed by atoms with van der Waals surface area (Å²) >= 11 is 0. The van der Waals surface area contributed by atoms with Crippen molar-refractivity contribution in [3.8, 4) is 5.75 Å². The number of hydrogen-bond acceptors (Lipinski definition) is 4. The minimum Gasteiger partial charge on any atom is -0.497 e. The average Bonchev–Trinajstić information content (AvgIpc) is 2.57. The van der Waals surface area contributed by atoms with Gasteiger partial charge in [-0.05, 0) is 12.1 Å². The van der Waals surface area contributed by atoms with Crippen molar-refractivity contribution in [2.75, 3.05) is 12.0 Å². The number of ether oxygens (including phenoxy) is 1. The second-order valence-corrected chi connectivity index (χ2v) is 5.28. The van der Waals surface area contributed by atoms with Gasteiger partial charge in [-0.1, -0.05) is 13.8 Å². The highest BCUT2D eigenvalue weighted by molar-refractivity contribution is 6.24. The van der Waals surface area contributed by atoms with Gasteiger partial charge in [0.25, 0.3) is 0 Å². The summed E-state index contributed by atoms with van der Waals surface area (Å²) in [5.74, 6) is -1.63. The van der Waals surface area contributed by atoms with Crippen LogP contribution in [0.5, 0.6) is 5.75 Å². The van der Waals surface area contributed by atoms with Crippen molar-refractivity contribution in [3.05, 3.63) is 23.8 Å². The molecule has 0 radical (unpaired) electrons. The first-order valence-electron chi connectivity index (χ1n) is 6.06. The minimum absolute atomic E-state index is 0.0532. The minimum atomic E-state index is -1.20. The Bertz CT molecular complexity index is 606. The Hall–Kier alpha value is -2.37. The number of rotatable bonds is 3. The Labute approximate surface area is 115 Å². The molecule has 1 heterocycles. The molecule has 0 aromatic heterocycles. The highest BCUT2D eigenvalue weighted by Gasteiger charge is 2.46. The van der Waals surface area contributed by atoms with Gasteiger partial charge in [0.05, 0.1) is 23.8 Å². The zero-order chi connectivity index (χ0) is 15.1. The third-order valence-corrected chi connectivity index (χ3v) is 3.30. The number of methoxy groups -OCH3 is 1. The van der Waals surface area contributed by atoms with Gasteiger partial charge < -0.3 is 9.84 Å². The fourth-order valence-electron chi connectivity index (χ4n) is 2.20. The lowest BCUT2D eigenvalue weighted by molar-refractivity contribution is -0.124. The Morgan fingerprint density at radius 1 is 1.35 bits per heavy atom. The quantitative estimate of drug-likeness (QED) is 0.850. The lowest BCUT2D eigenvalue weighted by Crippen LogP contribution is -2.34. The lowest BCUT2D eigenvalue weighted by atomic mass is 9.92. The van der Waals surface area contributed by atoms with Crippen molar-refractivity contribution in [2.45, 2.75) is 20.3 Å². The van der Waals surface area contributed by atoms with E-state index in [1.165, 1.54) is 25.3 Å². The van der Waals surface area contributed by atoms with Crippen molar-refractivity contribution >= 4 is 23.5 Å². The first kappa shape index (κ1) is 14.0. The highest BCUT2D eigenvalue weighted by atomic mass is 16.5. The number of carboxylic acids is 1. The topological polar surface area (TPSA) is 83.9 Å². The molecule has 0 unspecified atom stereocenters. The van der Waals surface area contributed by atoms with E-state index >= 15 is 0 Å². The standard InChI is InChI=1S/C14H15NO5/c1-14(2)7-11(16)15(13(14)19)10-6-8(20-3)4-5-9(10)12(17)18/h4-6H,7H2,1-3H3,(H,17,18). The van der Waals surface area contributed by atoms with Crippen LogP contribution in [0.3, 0.4) is 0 Å². The molecule has 1 aromatic carbocycles. The van der Waals surface area contributed by atoms with Crippen molar-refractivity contribution in [3.63, 3.8) is 0 Å². The predicted molar refractivity (Wildman–Crippen MR) is 70.8 cm³/mol. The maximum atomic E-state index is 12.3. The Kier molecular flexibility index (Phi) is 3.25. The molecule has 1 aliphatic rings. The molecule has 6 heteroatoms. The highest BCUT2D eigenvalue weighted by Crippen LogP contribution is 2.37. The SMILES string of the molecule is COc1ccc(C(=O)O)c(N2C(=O)CC(C)(C)C2=O)c1. The summed E-state index contributed by atoms with van der Waals surface area (Å²) in [5, 5.41) is 9.20. The Morgan fingerprint density at radius 3 is 2.45 bits per heavy atom. The molecule has 106 valence electrons. The van der Waals surface area contributed by atoms with Gasteiger partial charge in [-0.15, -0.1) is 0 Å². The molecule has 0 aliphatic carbocycles. The van der Waals surface area contributed by atoms with E-state index in [2.05, 4.69) is 0 Å². The Balaban J connectivity index is 2.59. The number of hydrogen-bond donors (Lipinski definition) is 1. The molecule has 0 saturated carbocycles. The van der Waals surface area contributed by atoms with Gasteiger partial charge in [0.2, 0.25) is 11.8 Å². The third kappa shape index (κ3) is 2.13. The largest absolute Gasteiger partial charge is 0.497 e. The smallest absolute Gasteiger partial charge is 0.337 e. The van der Waals surface area contributed by atoms with E-state index in [4.69, 9.17) is 4.74 Å². The second kappa shape index (κ2) is 4.63. The fraction of sp³-hybridized carbons (Fsp3) is 0.357. The van der Waals surface area contributed by atoms with E-state index in [1.807, 2.05) is 0 Å². The molecule has 2 rings (SSSR count). The van der Waals surface area contributed by atoms with Crippen LogP contribution in [-0.2, 0) is 9.59 Å². The molecule has 6 nitrogen and oxygen atoms in total. The van der Waals surface area contributed by atoms with Crippen LogP contribution in [0.25, 0.3) is 0 Å². The van der Waals surface area contributed by atoms with Crippen LogP contribution >= 0.6 is 0 Å². The summed E-state index contributed by atoms with van der Waals surface area (Å²) in [4.78, 5) is 36.5. The molecular weight excluding hydrogens is 262 g/mol. The molecule has 2 amide bonds. The Morgan fingerprint density at radius 2 is 2.00 bits per heavy atom. The van der Waals surface area contributed by atoms with Crippen molar-refractivity contribution in [1.29, 1.82) is 0 Å². The van der Waals surface area contributed by atoms with Crippen LogP contribution < -0.4 is 9.64 Å². The molecule has 1 aromatic rings. The van der Waals surface area contributed by atoms with Crippen LogP contribution in [-0.4, -0.2) is 30.0 Å². The van der Waals surface area contributed by atoms with Crippen molar-refractivity contribution in [1.82, 2.24) is 0 Å². The number of nitrogens with zero attached hydrogens (tertiary/aromatic N) is 1. The van der Waals surface area contributed by atoms with Crippen LogP contribution in [0.15, 0.2) is 18.2 Å². The number of carbonyl (C=O) groups is 3. The molecule has 1 N–H and O–H groups in total. The van der Waals surface area contributed by atoms with E-state index in [-0.39, 0.29) is 17.7 Å². The third-order valence-electron chi connectivity index (χ3n) is 3.30. The number of anilines is 1. The van der Waals surface area contributed by atoms with Gasteiger partial charge in [-0.25, -0.2) is 9.69 Å². The summed E-state index contributed by atoms with van der Waals surface area (Å²) in [5.41, 5.74) is -0.877. The summed E-state index contributed by atoms with van der Waals surface area (Å²) in [6, 6.07) is 4.19. The van der Waals surface area contributed by atoms with Gasteiger partial charge in [0.1, 0.15) is 5.75 Å². The lowest BCUT2D eigenvalue weighted by Gasteiger charge is -2.20. The first-order chi connectivity index (χ1) is 9.27. The van der Waals surface area contributed by atoms with Gasteiger partial charge in [0.15, 0.2) is 0 Å². The van der Waals surface area contributed by atoms with E-state index in [0.717, 1.165) is 4.90 Å². The average molecular weight is 277 g/mol.